The summed E-state index contributed by atoms with van der Waals surface area (Å²) in [7, 11) is 0. The summed E-state index contributed by atoms with van der Waals surface area (Å²) in [6.45, 7) is 6.14. The molecule has 0 radical (unpaired) electrons. The molecule has 0 N–H and O–H groups in total. The first-order chi connectivity index (χ1) is 14.5. The first-order valence-corrected chi connectivity index (χ1v) is 11.1. The van der Waals surface area contributed by atoms with Crippen LogP contribution < -0.4 is 51.4 Å². The van der Waals surface area contributed by atoms with Crippen molar-refractivity contribution in [3.63, 3.8) is 0 Å². The van der Waals surface area contributed by atoms with Crippen LogP contribution >= 0.6 is 0 Å². The summed E-state index contributed by atoms with van der Waals surface area (Å²) < 4.78 is 50.9. The Kier molecular flexibility index (Phi) is 11.0. The van der Waals surface area contributed by atoms with E-state index < -0.39 is 42.5 Å². The van der Waals surface area contributed by atoms with Gasteiger partial charge in [0.05, 0.1) is 5.56 Å². The van der Waals surface area contributed by atoms with Crippen molar-refractivity contribution in [3.05, 3.63) is 35.4 Å². The van der Waals surface area contributed by atoms with Gasteiger partial charge < -0.3 is 27.3 Å². The van der Waals surface area contributed by atoms with Crippen LogP contribution in [0.3, 0.4) is 0 Å². The number of carbonyl (C=O) groups is 2. The maximum absolute atomic E-state index is 13.4. The van der Waals surface area contributed by atoms with E-state index in [1.165, 1.54) is 4.90 Å². The summed E-state index contributed by atoms with van der Waals surface area (Å²) in [4.78, 5) is 26.2. The van der Waals surface area contributed by atoms with E-state index in [2.05, 4.69) is 0 Å². The third kappa shape index (κ3) is 10.7. The summed E-state index contributed by atoms with van der Waals surface area (Å²) in [5.41, 5.74) is -0.228. The molecular formula is C23H34BF3KNO4. The molecule has 0 bridgehead atoms. The zero-order valence-electron chi connectivity index (χ0n) is 20.8. The molecule has 1 aromatic carbocycles. The maximum atomic E-state index is 13.4. The summed E-state index contributed by atoms with van der Waals surface area (Å²) >= 11 is 0. The molecule has 1 aromatic rings. The van der Waals surface area contributed by atoms with Gasteiger partial charge in [0, 0.05) is 13.1 Å². The van der Waals surface area contributed by atoms with Gasteiger partial charge >= 0.3 is 70.4 Å². The monoisotopic (exact) mass is 495 g/mol. The number of nitrogens with zero attached hydrogens (tertiary/aromatic N) is 1. The third-order valence-electron chi connectivity index (χ3n) is 5.24. The molecule has 1 aliphatic heterocycles. The Bertz CT molecular complexity index is 804. The van der Waals surface area contributed by atoms with Crippen LogP contribution in [0.1, 0.15) is 76.2 Å². The standard InChI is InChI=1S/C23H34BF3NO4.K/c1-22(2,3)31-20(29)17-9-7-16(8-10-17)19-12-14-28(21(30)32-23(4,5)6)13-11-18(19)15-24(25,26)27;/h7-10,18-19H,11-15H2,1-6H3;/q-1;+1/t18-,19-;/m0./s1. The molecule has 2 atom stereocenters. The second-order valence-corrected chi connectivity index (χ2v) is 10.5. The van der Waals surface area contributed by atoms with Gasteiger partial charge in [-0.05, 0) is 78.0 Å². The maximum Gasteiger partial charge on any atom is 1.00 e. The predicted molar refractivity (Wildman–Crippen MR) is 119 cm³/mol. The molecule has 1 amide bonds. The molecule has 0 unspecified atom stereocenters. The van der Waals surface area contributed by atoms with Gasteiger partial charge in [-0.1, -0.05) is 24.4 Å². The van der Waals surface area contributed by atoms with Gasteiger partial charge in [0.1, 0.15) is 11.2 Å². The second-order valence-electron chi connectivity index (χ2n) is 10.5. The SMILES string of the molecule is CC(C)(C)OC(=O)c1ccc([C@@H]2CCN(C(=O)OC(C)(C)C)CC[C@H]2C[B-](F)(F)F)cc1.[K+]. The smallest absolute Gasteiger partial charge is 0.456 e. The first kappa shape index (κ1) is 30.5. The largest absolute Gasteiger partial charge is 1.00 e. The van der Waals surface area contributed by atoms with Gasteiger partial charge in [0.25, 0.3) is 0 Å². The number of esters is 1. The summed E-state index contributed by atoms with van der Waals surface area (Å²) in [5, 5.41) is 0. The molecule has 33 heavy (non-hydrogen) atoms. The number of likely N-dealkylation sites (tertiary alicyclic amines) is 1. The Morgan fingerprint density at radius 2 is 1.45 bits per heavy atom. The minimum atomic E-state index is -4.97. The van der Waals surface area contributed by atoms with E-state index in [0.717, 1.165) is 5.56 Å². The third-order valence-corrected chi connectivity index (χ3v) is 5.24. The van der Waals surface area contributed by atoms with Crippen molar-refractivity contribution in [1.82, 2.24) is 4.90 Å². The van der Waals surface area contributed by atoms with Crippen LogP contribution in [0, 0.1) is 5.92 Å². The predicted octanol–water partition coefficient (Wildman–Crippen LogP) is 3.22. The zero-order chi connectivity index (χ0) is 24.3. The number of benzene rings is 1. The summed E-state index contributed by atoms with van der Waals surface area (Å²) in [6, 6.07) is 6.58. The van der Waals surface area contributed by atoms with Crippen molar-refractivity contribution in [3.8, 4) is 0 Å². The molecule has 1 aliphatic rings. The van der Waals surface area contributed by atoms with Gasteiger partial charge in [-0.3, -0.25) is 0 Å². The molecule has 2 rings (SSSR count). The number of hydrogen-bond acceptors (Lipinski definition) is 4. The average Bonchev–Trinajstić information content (AvgIpc) is 2.80. The van der Waals surface area contributed by atoms with Crippen molar-refractivity contribution in [2.24, 2.45) is 5.92 Å². The van der Waals surface area contributed by atoms with Crippen LogP contribution in [0.5, 0.6) is 0 Å². The van der Waals surface area contributed by atoms with Crippen LogP contribution in [0.4, 0.5) is 17.7 Å². The topological polar surface area (TPSA) is 55.8 Å². The van der Waals surface area contributed by atoms with Gasteiger partial charge in [0.15, 0.2) is 0 Å². The molecule has 1 saturated heterocycles. The minimum Gasteiger partial charge on any atom is -0.456 e. The van der Waals surface area contributed by atoms with Crippen LogP contribution in [-0.2, 0) is 9.47 Å². The molecule has 0 aliphatic carbocycles. The normalized spacial score (nSPS) is 19.8. The fourth-order valence-electron chi connectivity index (χ4n) is 3.94. The molecule has 0 saturated carbocycles. The fourth-order valence-corrected chi connectivity index (χ4v) is 3.94. The number of rotatable bonds is 4. The number of carbonyl (C=O) groups excluding carboxylic acids is 2. The minimum absolute atomic E-state index is 0. The summed E-state index contributed by atoms with van der Waals surface area (Å²) in [6.07, 6.45) is -0.740. The molecular weight excluding hydrogens is 461 g/mol. The fraction of sp³-hybridized carbons (Fsp3) is 0.652. The van der Waals surface area contributed by atoms with E-state index in [-0.39, 0.29) is 70.3 Å². The van der Waals surface area contributed by atoms with Crippen LogP contribution in [0.2, 0.25) is 6.32 Å². The van der Waals surface area contributed by atoms with Gasteiger partial charge in [-0.2, -0.15) is 0 Å². The quantitative estimate of drug-likeness (QED) is 0.476. The number of halogens is 3. The van der Waals surface area contributed by atoms with Crippen molar-refractivity contribution >= 4 is 19.0 Å². The molecule has 180 valence electrons. The Hall–Kier alpha value is -0.549. The molecule has 5 nitrogen and oxygen atoms in total. The van der Waals surface area contributed by atoms with Crippen molar-refractivity contribution < 1.29 is 83.4 Å². The first-order valence-electron chi connectivity index (χ1n) is 11.1. The zero-order valence-corrected chi connectivity index (χ0v) is 23.9. The van der Waals surface area contributed by atoms with Gasteiger partial charge in [-0.15, -0.1) is 0 Å². The Balaban J connectivity index is 0.00000544. The summed E-state index contributed by atoms with van der Waals surface area (Å²) in [5.74, 6) is -1.50. The van der Waals surface area contributed by atoms with E-state index in [1.807, 2.05) is 0 Å². The van der Waals surface area contributed by atoms with Crippen molar-refractivity contribution in [2.45, 2.75) is 77.8 Å². The molecule has 0 aromatic heterocycles. The van der Waals surface area contributed by atoms with Gasteiger partial charge in [0.2, 0.25) is 0 Å². The Labute approximate surface area is 237 Å². The molecule has 10 heteroatoms. The number of amides is 1. The van der Waals surface area contributed by atoms with Crippen LogP contribution in [-0.4, -0.2) is 48.2 Å². The van der Waals surface area contributed by atoms with E-state index in [9.17, 15) is 22.5 Å². The van der Waals surface area contributed by atoms with Gasteiger partial charge in [-0.25, -0.2) is 9.59 Å². The van der Waals surface area contributed by atoms with Crippen LogP contribution in [0.25, 0.3) is 0 Å². The molecule has 1 fully saturated rings. The number of ether oxygens (including phenoxy) is 2. The average molecular weight is 495 g/mol. The Morgan fingerprint density at radius 3 is 1.94 bits per heavy atom. The van der Waals surface area contributed by atoms with Crippen LogP contribution in [0.15, 0.2) is 24.3 Å². The van der Waals surface area contributed by atoms with E-state index in [1.54, 1.807) is 65.8 Å². The molecule has 1 heterocycles. The van der Waals surface area contributed by atoms with E-state index in [4.69, 9.17) is 9.47 Å². The van der Waals surface area contributed by atoms with Crippen molar-refractivity contribution in [1.29, 1.82) is 0 Å². The van der Waals surface area contributed by atoms with E-state index in [0.29, 0.717) is 18.5 Å². The molecule has 0 spiro atoms. The number of hydrogen-bond donors (Lipinski definition) is 0. The Morgan fingerprint density at radius 1 is 0.939 bits per heavy atom. The van der Waals surface area contributed by atoms with Crippen molar-refractivity contribution in [2.75, 3.05) is 13.1 Å². The second kappa shape index (κ2) is 11.9. The van der Waals surface area contributed by atoms with E-state index >= 15 is 0 Å².